The number of benzene rings is 1. The lowest BCUT2D eigenvalue weighted by atomic mass is 10.1. The van der Waals surface area contributed by atoms with E-state index in [4.69, 9.17) is 5.11 Å². The Bertz CT molecular complexity index is 419. The molecule has 0 aromatic heterocycles. The van der Waals surface area contributed by atoms with Gasteiger partial charge < -0.3 is 10.0 Å². The third-order valence-corrected chi connectivity index (χ3v) is 3.58. The van der Waals surface area contributed by atoms with Crippen LogP contribution in [0.2, 0.25) is 0 Å². The van der Waals surface area contributed by atoms with Crippen LogP contribution < -0.4 is 4.90 Å². The summed E-state index contributed by atoms with van der Waals surface area (Å²) in [7, 11) is 0. The fourth-order valence-corrected chi connectivity index (χ4v) is 2.71. The van der Waals surface area contributed by atoms with E-state index in [-0.39, 0.29) is 18.4 Å². The number of aliphatic hydroxyl groups excluding tert-OH is 1. The molecule has 1 aliphatic heterocycles. The number of amides is 1. The minimum atomic E-state index is 0.0889. The Morgan fingerprint density at radius 1 is 1.56 bits per heavy atom. The molecule has 16 heavy (non-hydrogen) atoms. The highest BCUT2D eigenvalue weighted by Gasteiger charge is 2.30. The summed E-state index contributed by atoms with van der Waals surface area (Å²) < 4.78 is 1.17. The average molecular weight is 331 g/mol. The van der Waals surface area contributed by atoms with Crippen LogP contribution in [0.3, 0.4) is 0 Å². The van der Waals surface area contributed by atoms with Gasteiger partial charge in [-0.05, 0) is 53.3 Å². The molecule has 0 aliphatic carbocycles. The molecular weight excluding hydrogens is 317 g/mol. The third kappa shape index (κ3) is 2.22. The summed E-state index contributed by atoms with van der Waals surface area (Å²) in [5.74, 6) is 0.203. The molecule has 0 radical (unpaired) electrons. The van der Waals surface area contributed by atoms with E-state index in [0.29, 0.717) is 13.0 Å². The van der Waals surface area contributed by atoms with Crippen LogP contribution in [0, 0.1) is 16.4 Å². The molecule has 4 heteroatoms. The minimum absolute atomic E-state index is 0.0889. The molecule has 1 atom stereocenters. The lowest BCUT2D eigenvalue weighted by Gasteiger charge is -2.19. The van der Waals surface area contributed by atoms with E-state index >= 15 is 0 Å². The number of hydrogen-bond donors (Lipinski definition) is 1. The second-order valence-electron chi connectivity index (χ2n) is 4.19. The lowest BCUT2D eigenvalue weighted by Crippen LogP contribution is -2.25. The van der Waals surface area contributed by atoms with Crippen molar-refractivity contribution in [2.45, 2.75) is 13.3 Å². The maximum Gasteiger partial charge on any atom is 0.227 e. The highest BCUT2D eigenvalue weighted by Crippen LogP contribution is 2.28. The Morgan fingerprint density at radius 2 is 2.31 bits per heavy atom. The second kappa shape index (κ2) is 4.71. The molecule has 0 saturated carbocycles. The van der Waals surface area contributed by atoms with Gasteiger partial charge in [0.25, 0.3) is 0 Å². The average Bonchev–Trinajstić information content (AvgIpc) is 2.60. The summed E-state index contributed by atoms with van der Waals surface area (Å²) in [5, 5.41) is 9.08. The van der Waals surface area contributed by atoms with Crippen LogP contribution in [0.15, 0.2) is 18.2 Å². The van der Waals surface area contributed by atoms with Crippen LogP contribution in [0.4, 0.5) is 5.69 Å². The van der Waals surface area contributed by atoms with Crippen molar-refractivity contribution in [3.05, 3.63) is 27.3 Å². The predicted molar refractivity (Wildman–Crippen MR) is 71.4 cm³/mol. The summed E-state index contributed by atoms with van der Waals surface area (Å²) in [6, 6.07) is 6.05. The van der Waals surface area contributed by atoms with Gasteiger partial charge in [0, 0.05) is 34.7 Å². The first-order valence-electron chi connectivity index (χ1n) is 5.29. The van der Waals surface area contributed by atoms with Crippen molar-refractivity contribution in [2.75, 3.05) is 18.1 Å². The SMILES string of the molecule is Cc1cc(I)ccc1N1CC(CO)CC1=O. The Morgan fingerprint density at radius 3 is 2.88 bits per heavy atom. The van der Waals surface area contributed by atoms with E-state index < -0.39 is 0 Å². The lowest BCUT2D eigenvalue weighted by molar-refractivity contribution is -0.117. The van der Waals surface area contributed by atoms with E-state index in [0.717, 1.165) is 11.3 Å². The van der Waals surface area contributed by atoms with Crippen molar-refractivity contribution in [3.8, 4) is 0 Å². The molecule has 1 aromatic rings. The maximum absolute atomic E-state index is 11.8. The number of rotatable bonds is 2. The molecule has 1 fully saturated rings. The van der Waals surface area contributed by atoms with Gasteiger partial charge in [0.1, 0.15) is 0 Å². The van der Waals surface area contributed by atoms with Crippen LogP contribution in [0.5, 0.6) is 0 Å². The molecule has 1 aromatic carbocycles. The van der Waals surface area contributed by atoms with Crippen LogP contribution >= 0.6 is 22.6 Å². The van der Waals surface area contributed by atoms with Crippen LogP contribution in [-0.2, 0) is 4.79 Å². The van der Waals surface area contributed by atoms with E-state index in [1.807, 2.05) is 19.1 Å². The van der Waals surface area contributed by atoms with Crippen molar-refractivity contribution in [3.63, 3.8) is 0 Å². The topological polar surface area (TPSA) is 40.5 Å². The van der Waals surface area contributed by atoms with Crippen LogP contribution in [0.25, 0.3) is 0 Å². The molecule has 2 rings (SSSR count). The molecule has 1 unspecified atom stereocenters. The Balaban J connectivity index is 2.28. The smallest absolute Gasteiger partial charge is 0.227 e. The van der Waals surface area contributed by atoms with Crippen LogP contribution in [-0.4, -0.2) is 24.2 Å². The van der Waals surface area contributed by atoms with Gasteiger partial charge in [-0.15, -0.1) is 0 Å². The van der Waals surface area contributed by atoms with Gasteiger partial charge in [0.15, 0.2) is 0 Å². The molecule has 0 bridgehead atoms. The highest BCUT2D eigenvalue weighted by molar-refractivity contribution is 14.1. The molecule has 86 valence electrons. The van der Waals surface area contributed by atoms with Gasteiger partial charge in [0.05, 0.1) is 0 Å². The second-order valence-corrected chi connectivity index (χ2v) is 5.43. The maximum atomic E-state index is 11.8. The van der Waals surface area contributed by atoms with Gasteiger partial charge in [0.2, 0.25) is 5.91 Å². The van der Waals surface area contributed by atoms with E-state index in [1.54, 1.807) is 4.90 Å². The van der Waals surface area contributed by atoms with Crippen molar-refractivity contribution in [1.29, 1.82) is 0 Å². The zero-order valence-corrected chi connectivity index (χ0v) is 11.3. The van der Waals surface area contributed by atoms with Gasteiger partial charge in [-0.1, -0.05) is 0 Å². The van der Waals surface area contributed by atoms with Crippen molar-refractivity contribution in [1.82, 2.24) is 0 Å². The summed E-state index contributed by atoms with van der Waals surface area (Å²) in [6.07, 6.45) is 0.460. The van der Waals surface area contributed by atoms with Gasteiger partial charge in [-0.2, -0.15) is 0 Å². The van der Waals surface area contributed by atoms with E-state index in [1.165, 1.54) is 3.57 Å². The standard InChI is InChI=1S/C12H14INO2/c1-8-4-10(13)2-3-11(8)14-6-9(7-15)5-12(14)16/h2-4,9,15H,5-7H2,1H3. The molecule has 1 heterocycles. The van der Waals surface area contributed by atoms with Crippen molar-refractivity contribution >= 4 is 34.2 Å². The molecule has 1 N–H and O–H groups in total. The first-order valence-corrected chi connectivity index (χ1v) is 6.37. The summed E-state index contributed by atoms with van der Waals surface area (Å²) in [5.41, 5.74) is 2.08. The van der Waals surface area contributed by atoms with Crippen molar-refractivity contribution in [2.24, 2.45) is 5.92 Å². The zero-order valence-electron chi connectivity index (χ0n) is 9.11. The number of aryl methyl sites for hydroxylation is 1. The molecule has 1 amide bonds. The number of aliphatic hydroxyl groups is 1. The summed E-state index contributed by atoms with van der Waals surface area (Å²) >= 11 is 2.26. The molecular formula is C12H14INO2. The van der Waals surface area contributed by atoms with Crippen molar-refractivity contribution < 1.29 is 9.90 Å². The Labute approximate surface area is 109 Å². The normalized spacial score (nSPS) is 20.6. The highest BCUT2D eigenvalue weighted by atomic mass is 127. The number of carbonyl (C=O) groups is 1. The largest absolute Gasteiger partial charge is 0.396 e. The Kier molecular flexibility index (Phi) is 3.49. The molecule has 0 spiro atoms. The van der Waals surface area contributed by atoms with Gasteiger partial charge in [-0.25, -0.2) is 0 Å². The minimum Gasteiger partial charge on any atom is -0.396 e. The fourth-order valence-electron chi connectivity index (χ4n) is 2.06. The summed E-state index contributed by atoms with van der Waals surface area (Å²) in [6.45, 7) is 2.74. The van der Waals surface area contributed by atoms with Crippen LogP contribution in [0.1, 0.15) is 12.0 Å². The first-order chi connectivity index (χ1) is 7.61. The molecule has 1 aliphatic rings. The number of anilines is 1. The van der Waals surface area contributed by atoms with Gasteiger partial charge >= 0.3 is 0 Å². The number of halogens is 1. The molecule has 3 nitrogen and oxygen atoms in total. The Hall–Kier alpha value is -0.620. The van der Waals surface area contributed by atoms with E-state index in [2.05, 4.69) is 28.7 Å². The fraction of sp³-hybridized carbons (Fsp3) is 0.417. The summed E-state index contributed by atoms with van der Waals surface area (Å²) in [4.78, 5) is 13.6. The van der Waals surface area contributed by atoms with Gasteiger partial charge in [-0.3, -0.25) is 4.79 Å². The number of hydrogen-bond acceptors (Lipinski definition) is 2. The monoisotopic (exact) mass is 331 g/mol. The predicted octanol–water partition coefficient (Wildman–Crippen LogP) is 1.94. The first kappa shape index (κ1) is 11.9. The third-order valence-electron chi connectivity index (χ3n) is 2.91. The quantitative estimate of drug-likeness (QED) is 0.842. The van der Waals surface area contributed by atoms with E-state index in [9.17, 15) is 4.79 Å². The number of nitrogens with zero attached hydrogens (tertiary/aromatic N) is 1. The molecule has 1 saturated heterocycles. The number of carbonyl (C=O) groups excluding carboxylic acids is 1. The zero-order chi connectivity index (χ0) is 11.7.